The van der Waals surface area contributed by atoms with Gasteiger partial charge in [-0.25, -0.2) is 14.0 Å². The van der Waals surface area contributed by atoms with Crippen LogP contribution in [0.1, 0.15) is 6.92 Å². The van der Waals surface area contributed by atoms with E-state index < -0.39 is 24.0 Å². The van der Waals surface area contributed by atoms with Crippen molar-refractivity contribution in [3.05, 3.63) is 24.0 Å². The maximum absolute atomic E-state index is 14.6. The maximum Gasteiger partial charge on any atom is 0.414 e. The molecule has 1 aliphatic heterocycles. The summed E-state index contributed by atoms with van der Waals surface area (Å²) in [6.07, 6.45) is -1.16. The minimum Gasteiger partial charge on any atom is -0.468 e. The molecule has 12 heteroatoms. The summed E-state index contributed by atoms with van der Waals surface area (Å²) < 4.78 is 24.2. The number of nitrogens with one attached hydrogen (secondary N) is 1. The Balaban J connectivity index is 1.73. The Hall–Kier alpha value is -3.57. The number of esters is 1. The average Bonchev–Trinajstić information content (AvgIpc) is 3.26. The number of aromatic nitrogens is 4. The smallest absolute Gasteiger partial charge is 0.414 e. The van der Waals surface area contributed by atoms with E-state index in [1.54, 1.807) is 0 Å². The van der Waals surface area contributed by atoms with Gasteiger partial charge in [-0.05, 0) is 23.4 Å². The molecule has 1 aromatic carbocycles. The minimum atomic E-state index is -0.673. The zero-order valence-corrected chi connectivity index (χ0v) is 15.1. The number of halogens is 1. The van der Waals surface area contributed by atoms with E-state index >= 15 is 0 Å². The van der Waals surface area contributed by atoms with Gasteiger partial charge in [0.15, 0.2) is 6.54 Å². The van der Waals surface area contributed by atoms with Crippen LogP contribution in [-0.4, -0.2) is 64.5 Å². The van der Waals surface area contributed by atoms with Crippen molar-refractivity contribution < 1.29 is 28.2 Å². The molecule has 0 saturated carbocycles. The summed E-state index contributed by atoms with van der Waals surface area (Å²) in [5.74, 6) is -1.49. The largest absolute Gasteiger partial charge is 0.468 e. The molecule has 1 fully saturated rings. The lowest BCUT2D eigenvalue weighted by Crippen LogP contribution is -2.33. The quantitative estimate of drug-likeness (QED) is 0.686. The van der Waals surface area contributed by atoms with Gasteiger partial charge in [-0.2, -0.15) is 4.80 Å². The summed E-state index contributed by atoms with van der Waals surface area (Å²) in [7, 11) is 1.22. The highest BCUT2D eigenvalue weighted by Gasteiger charge is 2.32. The number of carbonyl (C=O) groups excluding carboxylic acids is 3. The molecule has 11 nitrogen and oxygen atoms in total. The number of benzene rings is 1. The van der Waals surface area contributed by atoms with E-state index in [0.29, 0.717) is 5.69 Å². The number of ether oxygens (including phenoxy) is 2. The predicted molar refractivity (Wildman–Crippen MR) is 91.5 cm³/mol. The van der Waals surface area contributed by atoms with Gasteiger partial charge < -0.3 is 14.8 Å². The Labute approximate surface area is 158 Å². The first-order chi connectivity index (χ1) is 13.4. The molecule has 0 bridgehead atoms. The molecule has 1 aromatic heterocycles. The number of hydrogen-bond acceptors (Lipinski definition) is 8. The van der Waals surface area contributed by atoms with E-state index in [1.165, 1.54) is 31.1 Å². The Morgan fingerprint density at radius 2 is 2.21 bits per heavy atom. The van der Waals surface area contributed by atoms with Crippen LogP contribution in [0.25, 0.3) is 11.4 Å². The molecule has 2 heterocycles. The van der Waals surface area contributed by atoms with Crippen LogP contribution in [0.3, 0.4) is 0 Å². The van der Waals surface area contributed by atoms with Gasteiger partial charge in [0.05, 0.1) is 31.5 Å². The molecule has 1 atom stereocenters. The lowest BCUT2D eigenvalue weighted by Gasteiger charge is -2.13. The first-order valence-electron chi connectivity index (χ1n) is 8.24. The van der Waals surface area contributed by atoms with E-state index in [1.807, 2.05) is 0 Å². The molecule has 0 radical (unpaired) electrons. The van der Waals surface area contributed by atoms with Crippen LogP contribution in [-0.2, 0) is 25.6 Å². The van der Waals surface area contributed by atoms with Gasteiger partial charge in [-0.3, -0.25) is 9.69 Å². The van der Waals surface area contributed by atoms with Crippen LogP contribution in [0.2, 0.25) is 0 Å². The van der Waals surface area contributed by atoms with Crippen LogP contribution >= 0.6 is 0 Å². The van der Waals surface area contributed by atoms with Crippen molar-refractivity contribution in [2.75, 3.05) is 25.1 Å². The zero-order valence-electron chi connectivity index (χ0n) is 15.1. The third kappa shape index (κ3) is 4.22. The highest BCUT2D eigenvalue weighted by molar-refractivity contribution is 5.90. The molecule has 2 aromatic rings. The third-order valence-electron chi connectivity index (χ3n) is 3.91. The lowest BCUT2D eigenvalue weighted by molar-refractivity contribution is -0.141. The second kappa shape index (κ2) is 7.98. The van der Waals surface area contributed by atoms with Crippen LogP contribution in [0.15, 0.2) is 18.2 Å². The van der Waals surface area contributed by atoms with Crippen LogP contribution in [0.4, 0.5) is 14.9 Å². The highest BCUT2D eigenvalue weighted by atomic mass is 19.1. The van der Waals surface area contributed by atoms with Crippen molar-refractivity contribution >= 4 is 23.7 Å². The molecular weight excluding hydrogens is 375 g/mol. The van der Waals surface area contributed by atoms with Crippen molar-refractivity contribution in [2.45, 2.75) is 19.6 Å². The van der Waals surface area contributed by atoms with Gasteiger partial charge in [0.2, 0.25) is 11.7 Å². The fourth-order valence-electron chi connectivity index (χ4n) is 2.55. The number of anilines is 1. The van der Waals surface area contributed by atoms with Crippen molar-refractivity contribution in [3.8, 4) is 11.4 Å². The van der Waals surface area contributed by atoms with E-state index in [0.717, 1.165) is 10.9 Å². The van der Waals surface area contributed by atoms with Crippen LogP contribution in [0.5, 0.6) is 0 Å². The molecule has 0 spiro atoms. The fraction of sp³-hybridized carbons (Fsp3) is 0.375. The van der Waals surface area contributed by atoms with Gasteiger partial charge in [-0.15, -0.1) is 10.2 Å². The number of hydrogen-bond donors (Lipinski definition) is 1. The molecule has 2 amide bonds. The molecule has 28 heavy (non-hydrogen) atoms. The number of rotatable bonds is 6. The van der Waals surface area contributed by atoms with Crippen LogP contribution < -0.4 is 10.2 Å². The third-order valence-corrected chi connectivity index (χ3v) is 3.91. The van der Waals surface area contributed by atoms with Gasteiger partial charge in [-0.1, -0.05) is 0 Å². The summed E-state index contributed by atoms with van der Waals surface area (Å²) >= 11 is 0. The normalized spacial score (nSPS) is 16.0. The Kier molecular flexibility index (Phi) is 5.47. The number of methoxy groups -OCH3 is 1. The fourth-order valence-corrected chi connectivity index (χ4v) is 2.55. The van der Waals surface area contributed by atoms with Gasteiger partial charge in [0.1, 0.15) is 11.9 Å². The van der Waals surface area contributed by atoms with E-state index in [2.05, 4.69) is 25.5 Å². The molecule has 1 N–H and O–H groups in total. The van der Waals surface area contributed by atoms with Crippen molar-refractivity contribution in [3.63, 3.8) is 0 Å². The highest BCUT2D eigenvalue weighted by Crippen LogP contribution is 2.27. The van der Waals surface area contributed by atoms with E-state index in [9.17, 15) is 18.8 Å². The summed E-state index contributed by atoms with van der Waals surface area (Å²) in [4.78, 5) is 36.5. The van der Waals surface area contributed by atoms with E-state index in [-0.39, 0.29) is 36.9 Å². The lowest BCUT2D eigenvalue weighted by atomic mass is 10.1. The Morgan fingerprint density at radius 1 is 1.43 bits per heavy atom. The van der Waals surface area contributed by atoms with Gasteiger partial charge in [0.25, 0.3) is 0 Å². The van der Waals surface area contributed by atoms with Crippen LogP contribution in [0, 0.1) is 5.82 Å². The first-order valence-corrected chi connectivity index (χ1v) is 8.24. The predicted octanol–water partition coefficient (Wildman–Crippen LogP) is 0.113. The Morgan fingerprint density at radius 3 is 2.89 bits per heavy atom. The summed E-state index contributed by atoms with van der Waals surface area (Å²) in [6, 6.07) is 4.07. The van der Waals surface area contributed by atoms with Gasteiger partial charge in [0, 0.05) is 6.92 Å². The zero-order chi connectivity index (χ0) is 20.3. The average molecular weight is 392 g/mol. The summed E-state index contributed by atoms with van der Waals surface area (Å²) in [5, 5.41) is 13.9. The molecule has 0 unspecified atom stereocenters. The minimum absolute atomic E-state index is 0.0134. The van der Waals surface area contributed by atoms with E-state index in [4.69, 9.17) is 4.74 Å². The topological polar surface area (TPSA) is 129 Å². The van der Waals surface area contributed by atoms with Crippen molar-refractivity contribution in [1.29, 1.82) is 0 Å². The van der Waals surface area contributed by atoms with Crippen molar-refractivity contribution in [2.24, 2.45) is 0 Å². The maximum atomic E-state index is 14.6. The molecule has 0 aliphatic carbocycles. The Bertz CT molecular complexity index is 917. The van der Waals surface area contributed by atoms with Gasteiger partial charge >= 0.3 is 12.1 Å². The molecule has 1 aliphatic rings. The number of nitrogens with zero attached hydrogens (tertiary/aromatic N) is 5. The summed E-state index contributed by atoms with van der Waals surface area (Å²) in [5.41, 5.74) is 0.348. The second-order valence-electron chi connectivity index (χ2n) is 5.94. The van der Waals surface area contributed by atoms with Crippen molar-refractivity contribution in [1.82, 2.24) is 25.5 Å². The molecule has 148 valence electrons. The SMILES string of the molecule is COC(=O)Cn1nnc(-c2ccc(N3C[C@H](CNC(C)=O)OC3=O)cc2F)n1. The summed E-state index contributed by atoms with van der Waals surface area (Å²) in [6.45, 7) is 1.45. The monoisotopic (exact) mass is 392 g/mol. The number of amides is 2. The number of cyclic esters (lactones) is 1. The molecule has 3 rings (SSSR count). The molecule has 1 saturated heterocycles. The number of carbonyl (C=O) groups is 3. The number of tetrazole rings is 1. The second-order valence-corrected chi connectivity index (χ2v) is 5.94. The molecular formula is C16H17FN6O5. The standard InChI is InChI=1S/C16H17FN6O5/c1-9(24)18-6-11-7-22(16(26)28-11)10-3-4-12(13(17)5-10)15-19-21-23(20-15)8-14(25)27-2/h3-5,11H,6-8H2,1-2H3,(H,18,24)/t11-/m0/s1. The first kappa shape index (κ1) is 19.2.